The van der Waals surface area contributed by atoms with E-state index in [1.807, 2.05) is 38.2 Å². The Morgan fingerprint density at radius 2 is 2.19 bits per heavy atom. The van der Waals surface area contributed by atoms with Crippen LogP contribution in [0.15, 0.2) is 30.5 Å². The lowest BCUT2D eigenvalue weighted by Gasteiger charge is -2.33. The molecule has 5 nitrogen and oxygen atoms in total. The van der Waals surface area contributed by atoms with Gasteiger partial charge in [-0.1, -0.05) is 25.1 Å². The highest BCUT2D eigenvalue weighted by Gasteiger charge is 2.29. The van der Waals surface area contributed by atoms with Crippen LogP contribution in [0.2, 0.25) is 0 Å². The summed E-state index contributed by atoms with van der Waals surface area (Å²) in [7, 11) is 1.84. The van der Waals surface area contributed by atoms with E-state index >= 15 is 0 Å². The summed E-state index contributed by atoms with van der Waals surface area (Å²) in [6.07, 6.45) is 3.35. The first-order valence-corrected chi connectivity index (χ1v) is 7.28. The molecule has 0 radical (unpaired) electrons. The second kappa shape index (κ2) is 5.33. The average molecular weight is 284 g/mol. The van der Waals surface area contributed by atoms with Gasteiger partial charge in [-0.25, -0.2) is 0 Å². The van der Waals surface area contributed by atoms with Crippen molar-refractivity contribution in [3.63, 3.8) is 0 Å². The predicted octanol–water partition coefficient (Wildman–Crippen LogP) is 1.51. The van der Waals surface area contributed by atoms with Gasteiger partial charge in [0.1, 0.15) is 0 Å². The molecule has 2 aromatic rings. The van der Waals surface area contributed by atoms with Crippen molar-refractivity contribution >= 4 is 11.6 Å². The summed E-state index contributed by atoms with van der Waals surface area (Å²) in [6, 6.07) is 7.95. The van der Waals surface area contributed by atoms with Gasteiger partial charge in [-0.05, 0) is 24.5 Å². The molecule has 1 amide bonds. The molecule has 2 N–H and O–H groups in total. The molecule has 110 valence electrons. The first-order valence-electron chi connectivity index (χ1n) is 7.28. The van der Waals surface area contributed by atoms with Crippen molar-refractivity contribution in [1.82, 2.24) is 9.78 Å². The maximum atomic E-state index is 12.9. The van der Waals surface area contributed by atoms with E-state index < -0.39 is 0 Å². The fraction of sp³-hybridized carbons (Fsp3) is 0.375. The van der Waals surface area contributed by atoms with Gasteiger partial charge < -0.3 is 10.6 Å². The zero-order chi connectivity index (χ0) is 15.0. The third-order valence-electron chi connectivity index (χ3n) is 3.90. The number of fused-ring (bicyclic) bond motifs is 1. The third-order valence-corrected chi connectivity index (χ3v) is 3.90. The number of benzene rings is 1. The number of para-hydroxylation sites is 1. The minimum absolute atomic E-state index is 0.0115. The molecule has 0 fully saturated rings. The molecule has 1 unspecified atom stereocenters. The first-order chi connectivity index (χ1) is 10.1. The summed E-state index contributed by atoms with van der Waals surface area (Å²) >= 11 is 0. The molecule has 5 heteroatoms. The number of aryl methyl sites for hydroxylation is 2. The van der Waals surface area contributed by atoms with E-state index in [1.165, 1.54) is 0 Å². The van der Waals surface area contributed by atoms with Crippen molar-refractivity contribution < 1.29 is 4.79 Å². The number of hydrogen-bond acceptors (Lipinski definition) is 3. The molecule has 1 aromatic carbocycles. The molecular weight excluding hydrogens is 264 g/mol. The Morgan fingerprint density at radius 3 is 2.95 bits per heavy atom. The van der Waals surface area contributed by atoms with Crippen molar-refractivity contribution in [3.05, 3.63) is 47.3 Å². The van der Waals surface area contributed by atoms with Gasteiger partial charge in [0.2, 0.25) is 0 Å². The third kappa shape index (κ3) is 2.45. The Morgan fingerprint density at radius 1 is 1.43 bits per heavy atom. The maximum Gasteiger partial charge on any atom is 0.261 e. The molecular formula is C16H20N4O. The van der Waals surface area contributed by atoms with E-state index in [-0.39, 0.29) is 11.9 Å². The SMILES string of the molecule is CCc1nn(C)cc1C(=O)N1CC(N)Cc2ccccc21. The van der Waals surface area contributed by atoms with E-state index in [0.29, 0.717) is 12.1 Å². The highest BCUT2D eigenvalue weighted by Crippen LogP contribution is 2.28. The predicted molar refractivity (Wildman–Crippen MR) is 82.4 cm³/mol. The quantitative estimate of drug-likeness (QED) is 0.909. The van der Waals surface area contributed by atoms with Gasteiger partial charge in [0.15, 0.2) is 0 Å². The molecule has 0 saturated carbocycles. The Hall–Kier alpha value is -2.14. The molecule has 1 aliphatic rings. The summed E-state index contributed by atoms with van der Waals surface area (Å²) < 4.78 is 1.70. The van der Waals surface area contributed by atoms with Crippen molar-refractivity contribution in [2.24, 2.45) is 12.8 Å². The number of aromatic nitrogens is 2. The molecule has 1 aromatic heterocycles. The smallest absolute Gasteiger partial charge is 0.261 e. The van der Waals surface area contributed by atoms with Crippen LogP contribution in [0.5, 0.6) is 0 Å². The Labute approximate surface area is 124 Å². The minimum atomic E-state index is -0.0226. The average Bonchev–Trinajstić information content (AvgIpc) is 2.86. The van der Waals surface area contributed by atoms with Gasteiger partial charge in [-0.15, -0.1) is 0 Å². The largest absolute Gasteiger partial charge is 0.326 e. The van der Waals surface area contributed by atoms with Crippen molar-refractivity contribution in [3.8, 4) is 0 Å². The number of nitrogens with zero attached hydrogens (tertiary/aromatic N) is 3. The number of anilines is 1. The van der Waals surface area contributed by atoms with Crippen molar-refractivity contribution in [2.45, 2.75) is 25.8 Å². The highest BCUT2D eigenvalue weighted by molar-refractivity contribution is 6.07. The molecule has 0 aliphatic carbocycles. The number of rotatable bonds is 2. The number of hydrogen-bond donors (Lipinski definition) is 1. The number of carbonyl (C=O) groups excluding carboxylic acids is 1. The fourth-order valence-corrected chi connectivity index (χ4v) is 2.94. The summed E-state index contributed by atoms with van der Waals surface area (Å²) in [5.74, 6) is -0.0115. The van der Waals surface area contributed by atoms with E-state index in [2.05, 4.69) is 5.10 Å². The van der Waals surface area contributed by atoms with Crippen LogP contribution in [0.3, 0.4) is 0 Å². The van der Waals surface area contributed by atoms with E-state index in [1.54, 1.807) is 15.8 Å². The van der Waals surface area contributed by atoms with Crippen LogP contribution in [0.1, 0.15) is 28.5 Å². The zero-order valence-electron chi connectivity index (χ0n) is 12.4. The van der Waals surface area contributed by atoms with E-state index in [0.717, 1.165) is 29.8 Å². The van der Waals surface area contributed by atoms with E-state index in [4.69, 9.17) is 5.73 Å². The number of amides is 1. The number of nitrogens with two attached hydrogens (primary N) is 1. The molecule has 1 atom stereocenters. The molecule has 21 heavy (non-hydrogen) atoms. The highest BCUT2D eigenvalue weighted by atomic mass is 16.2. The topological polar surface area (TPSA) is 64.2 Å². The van der Waals surface area contributed by atoms with Crippen LogP contribution in [0.4, 0.5) is 5.69 Å². The van der Waals surface area contributed by atoms with Crippen LogP contribution in [0.25, 0.3) is 0 Å². The summed E-state index contributed by atoms with van der Waals surface area (Å²) in [4.78, 5) is 14.7. The van der Waals surface area contributed by atoms with Gasteiger partial charge in [-0.2, -0.15) is 5.10 Å². The van der Waals surface area contributed by atoms with Crippen molar-refractivity contribution in [2.75, 3.05) is 11.4 Å². The van der Waals surface area contributed by atoms with Crippen LogP contribution >= 0.6 is 0 Å². The molecule has 2 heterocycles. The first kappa shape index (κ1) is 13.8. The second-order valence-electron chi connectivity index (χ2n) is 5.53. The van der Waals surface area contributed by atoms with Gasteiger partial charge in [0.05, 0.1) is 11.3 Å². The minimum Gasteiger partial charge on any atom is -0.326 e. The monoisotopic (exact) mass is 284 g/mol. The lowest BCUT2D eigenvalue weighted by atomic mass is 9.97. The molecule has 0 saturated heterocycles. The summed E-state index contributed by atoms with van der Waals surface area (Å²) in [5.41, 5.74) is 9.72. The summed E-state index contributed by atoms with van der Waals surface area (Å²) in [5, 5.41) is 4.36. The van der Waals surface area contributed by atoms with Gasteiger partial charge in [0, 0.05) is 31.5 Å². The lowest BCUT2D eigenvalue weighted by Crippen LogP contribution is -2.46. The van der Waals surface area contributed by atoms with Crippen LogP contribution in [-0.2, 0) is 19.9 Å². The molecule has 0 spiro atoms. The normalized spacial score (nSPS) is 17.7. The fourth-order valence-electron chi connectivity index (χ4n) is 2.94. The Kier molecular flexibility index (Phi) is 3.51. The standard InChI is InChI=1S/C16H20N4O/c1-3-14-13(10-19(2)18-14)16(21)20-9-12(17)8-11-6-4-5-7-15(11)20/h4-7,10,12H,3,8-9,17H2,1-2H3. The maximum absolute atomic E-state index is 12.9. The second-order valence-corrected chi connectivity index (χ2v) is 5.53. The summed E-state index contributed by atoms with van der Waals surface area (Å²) in [6.45, 7) is 2.56. The Bertz CT molecular complexity index is 677. The van der Waals surface area contributed by atoms with Crippen molar-refractivity contribution in [1.29, 1.82) is 0 Å². The van der Waals surface area contributed by atoms with Crippen LogP contribution in [0, 0.1) is 0 Å². The van der Waals surface area contributed by atoms with Gasteiger partial charge >= 0.3 is 0 Å². The van der Waals surface area contributed by atoms with Gasteiger partial charge in [-0.3, -0.25) is 9.48 Å². The van der Waals surface area contributed by atoms with Crippen LogP contribution in [-0.4, -0.2) is 28.3 Å². The lowest BCUT2D eigenvalue weighted by molar-refractivity contribution is 0.0982. The van der Waals surface area contributed by atoms with Crippen LogP contribution < -0.4 is 10.6 Å². The van der Waals surface area contributed by atoms with Gasteiger partial charge in [0.25, 0.3) is 5.91 Å². The Balaban J connectivity index is 2.02. The molecule has 0 bridgehead atoms. The van der Waals surface area contributed by atoms with E-state index in [9.17, 15) is 4.79 Å². The number of carbonyl (C=O) groups is 1. The molecule has 3 rings (SSSR count). The zero-order valence-corrected chi connectivity index (χ0v) is 12.4. The molecule has 1 aliphatic heterocycles.